The Hall–Kier alpha value is -0.170. The van der Waals surface area contributed by atoms with Gasteiger partial charge in [0.05, 0.1) is 6.10 Å². The topological polar surface area (TPSA) is 83.6 Å². The molecule has 0 aliphatic carbocycles. The van der Waals surface area contributed by atoms with Gasteiger partial charge in [-0.2, -0.15) is 12.7 Å². The van der Waals surface area contributed by atoms with Crippen LogP contribution in [0.4, 0.5) is 0 Å². The number of hydrogen-bond donors (Lipinski definition) is 2. The molecule has 5 nitrogen and oxygen atoms in total. The zero-order valence-electron chi connectivity index (χ0n) is 6.97. The van der Waals surface area contributed by atoms with Crippen molar-refractivity contribution in [1.82, 2.24) is 4.31 Å². The van der Waals surface area contributed by atoms with E-state index in [1.54, 1.807) is 0 Å². The van der Waals surface area contributed by atoms with Crippen LogP contribution in [0.15, 0.2) is 0 Å². The van der Waals surface area contributed by atoms with Crippen molar-refractivity contribution < 1.29 is 13.5 Å². The van der Waals surface area contributed by atoms with Crippen molar-refractivity contribution in [3.63, 3.8) is 0 Å². The van der Waals surface area contributed by atoms with Gasteiger partial charge in [-0.3, -0.25) is 0 Å². The molecule has 1 saturated heterocycles. The predicted molar refractivity (Wildman–Crippen MR) is 44.5 cm³/mol. The van der Waals surface area contributed by atoms with Gasteiger partial charge in [-0.25, -0.2) is 5.14 Å². The standard InChI is InChI=1S/C6H14N2O3S/c1-5-4-8(12(7,10)11)3-2-6(5)9/h5-6,9H,2-4H2,1H3,(H2,7,10,11). The van der Waals surface area contributed by atoms with E-state index >= 15 is 0 Å². The van der Waals surface area contributed by atoms with Crippen LogP contribution in [0, 0.1) is 5.92 Å². The lowest BCUT2D eigenvalue weighted by molar-refractivity contribution is 0.0629. The van der Waals surface area contributed by atoms with Crippen molar-refractivity contribution in [1.29, 1.82) is 0 Å². The molecule has 0 saturated carbocycles. The number of aliphatic hydroxyl groups excluding tert-OH is 1. The number of nitrogens with two attached hydrogens (primary N) is 1. The lowest BCUT2D eigenvalue weighted by Crippen LogP contribution is -2.47. The molecule has 3 N–H and O–H groups in total. The van der Waals surface area contributed by atoms with Crippen LogP contribution >= 0.6 is 0 Å². The fraction of sp³-hybridized carbons (Fsp3) is 1.00. The molecule has 0 amide bonds. The maximum atomic E-state index is 10.9. The molecule has 1 fully saturated rings. The van der Waals surface area contributed by atoms with Crippen LogP contribution in [0.1, 0.15) is 13.3 Å². The van der Waals surface area contributed by atoms with Gasteiger partial charge in [0.15, 0.2) is 0 Å². The summed E-state index contributed by atoms with van der Waals surface area (Å²) in [6.07, 6.45) is 0.0698. The molecular formula is C6H14N2O3S. The van der Waals surface area contributed by atoms with Gasteiger partial charge in [0.25, 0.3) is 10.2 Å². The summed E-state index contributed by atoms with van der Waals surface area (Å²) in [5.74, 6) is -0.0305. The molecule has 1 heterocycles. The highest BCUT2D eigenvalue weighted by Crippen LogP contribution is 2.17. The highest BCUT2D eigenvalue weighted by molar-refractivity contribution is 7.86. The molecule has 1 aliphatic rings. The summed E-state index contributed by atoms with van der Waals surface area (Å²) in [5.41, 5.74) is 0. The molecule has 0 spiro atoms. The molecule has 72 valence electrons. The monoisotopic (exact) mass is 194 g/mol. The zero-order chi connectivity index (χ0) is 9.35. The molecule has 1 aliphatic heterocycles. The molecule has 0 radical (unpaired) electrons. The fourth-order valence-corrected chi connectivity index (χ4v) is 2.13. The SMILES string of the molecule is CC1CN(S(N)(=O)=O)CCC1O. The van der Waals surface area contributed by atoms with Crippen LogP contribution in [0.5, 0.6) is 0 Å². The summed E-state index contributed by atoms with van der Waals surface area (Å²) in [5, 5.41) is 14.2. The Kier molecular flexibility index (Phi) is 2.72. The van der Waals surface area contributed by atoms with Crippen LogP contribution in [0.25, 0.3) is 0 Å². The van der Waals surface area contributed by atoms with Crippen molar-refractivity contribution in [2.24, 2.45) is 11.1 Å². The molecule has 1 rings (SSSR count). The third-order valence-corrected chi connectivity index (χ3v) is 3.23. The smallest absolute Gasteiger partial charge is 0.276 e. The average molecular weight is 194 g/mol. The van der Waals surface area contributed by atoms with E-state index in [1.807, 2.05) is 6.92 Å². The third kappa shape index (κ3) is 2.16. The summed E-state index contributed by atoms with van der Waals surface area (Å²) in [7, 11) is -3.56. The predicted octanol–water partition coefficient (Wildman–Crippen LogP) is -1.11. The summed E-state index contributed by atoms with van der Waals surface area (Å²) in [6, 6.07) is 0. The molecule has 0 aromatic heterocycles. The minimum atomic E-state index is -3.56. The number of piperidine rings is 1. The second-order valence-electron chi connectivity index (χ2n) is 3.24. The molecule has 12 heavy (non-hydrogen) atoms. The Balaban J connectivity index is 2.64. The van der Waals surface area contributed by atoms with Gasteiger partial charge in [-0.05, 0) is 12.3 Å². The largest absolute Gasteiger partial charge is 0.393 e. The van der Waals surface area contributed by atoms with E-state index in [-0.39, 0.29) is 5.92 Å². The number of nitrogens with zero attached hydrogens (tertiary/aromatic N) is 1. The molecule has 2 unspecified atom stereocenters. The second kappa shape index (κ2) is 3.29. The Bertz CT molecular complexity index is 252. The van der Waals surface area contributed by atoms with Gasteiger partial charge in [-0.1, -0.05) is 6.92 Å². The van der Waals surface area contributed by atoms with Crippen molar-refractivity contribution in [2.45, 2.75) is 19.4 Å². The highest BCUT2D eigenvalue weighted by atomic mass is 32.2. The Morgan fingerprint density at radius 3 is 2.58 bits per heavy atom. The van der Waals surface area contributed by atoms with Crippen molar-refractivity contribution in [3.8, 4) is 0 Å². The first-order valence-electron chi connectivity index (χ1n) is 3.87. The minimum Gasteiger partial charge on any atom is -0.393 e. The van der Waals surface area contributed by atoms with Gasteiger partial charge < -0.3 is 5.11 Å². The van der Waals surface area contributed by atoms with E-state index < -0.39 is 16.3 Å². The minimum absolute atomic E-state index is 0.0305. The summed E-state index contributed by atoms with van der Waals surface area (Å²) in [4.78, 5) is 0. The first-order chi connectivity index (χ1) is 5.41. The Morgan fingerprint density at radius 1 is 1.58 bits per heavy atom. The summed E-state index contributed by atoms with van der Waals surface area (Å²) >= 11 is 0. The van der Waals surface area contributed by atoms with Crippen LogP contribution in [-0.4, -0.2) is 37.0 Å². The maximum Gasteiger partial charge on any atom is 0.276 e. The normalized spacial score (nSPS) is 33.6. The molecule has 0 aromatic carbocycles. The van der Waals surface area contributed by atoms with Gasteiger partial charge in [0, 0.05) is 13.1 Å². The van der Waals surface area contributed by atoms with Crippen LogP contribution in [0.2, 0.25) is 0 Å². The highest BCUT2D eigenvalue weighted by Gasteiger charge is 2.29. The van der Waals surface area contributed by atoms with E-state index in [9.17, 15) is 13.5 Å². The number of hydrogen-bond acceptors (Lipinski definition) is 3. The van der Waals surface area contributed by atoms with E-state index in [4.69, 9.17) is 5.14 Å². The van der Waals surface area contributed by atoms with Crippen LogP contribution in [0.3, 0.4) is 0 Å². The van der Waals surface area contributed by atoms with Gasteiger partial charge in [-0.15, -0.1) is 0 Å². The average Bonchev–Trinajstić information content (AvgIpc) is 1.92. The maximum absolute atomic E-state index is 10.9. The summed E-state index contributed by atoms with van der Waals surface area (Å²) < 4.78 is 22.9. The summed E-state index contributed by atoms with van der Waals surface area (Å²) in [6.45, 7) is 2.45. The van der Waals surface area contributed by atoms with Crippen molar-refractivity contribution in [3.05, 3.63) is 0 Å². The van der Waals surface area contributed by atoms with E-state index in [0.29, 0.717) is 19.5 Å². The van der Waals surface area contributed by atoms with Crippen LogP contribution < -0.4 is 5.14 Å². The van der Waals surface area contributed by atoms with Gasteiger partial charge >= 0.3 is 0 Å². The molecular weight excluding hydrogens is 180 g/mol. The number of aliphatic hydroxyl groups is 1. The Morgan fingerprint density at radius 2 is 2.17 bits per heavy atom. The lowest BCUT2D eigenvalue weighted by atomic mass is 9.99. The quantitative estimate of drug-likeness (QED) is 0.555. The zero-order valence-corrected chi connectivity index (χ0v) is 7.79. The second-order valence-corrected chi connectivity index (χ2v) is 4.78. The first-order valence-corrected chi connectivity index (χ1v) is 5.37. The number of rotatable bonds is 1. The molecule has 0 bridgehead atoms. The lowest BCUT2D eigenvalue weighted by Gasteiger charge is -2.32. The molecule has 2 atom stereocenters. The van der Waals surface area contributed by atoms with Crippen molar-refractivity contribution in [2.75, 3.05) is 13.1 Å². The molecule has 0 aromatic rings. The van der Waals surface area contributed by atoms with E-state index in [2.05, 4.69) is 0 Å². The third-order valence-electron chi connectivity index (χ3n) is 2.18. The Labute approximate surface area is 72.3 Å². The first kappa shape index (κ1) is 9.91. The van der Waals surface area contributed by atoms with Crippen molar-refractivity contribution >= 4 is 10.2 Å². The van der Waals surface area contributed by atoms with E-state index in [0.717, 1.165) is 0 Å². The van der Waals surface area contributed by atoms with Gasteiger partial charge in [0.1, 0.15) is 0 Å². The van der Waals surface area contributed by atoms with Crippen LogP contribution in [-0.2, 0) is 10.2 Å². The van der Waals surface area contributed by atoms with Gasteiger partial charge in [0.2, 0.25) is 0 Å². The molecule has 6 heteroatoms. The van der Waals surface area contributed by atoms with E-state index in [1.165, 1.54) is 4.31 Å². The fourth-order valence-electron chi connectivity index (χ4n) is 1.33.